The summed E-state index contributed by atoms with van der Waals surface area (Å²) in [6.07, 6.45) is 10.2. The molecule has 0 heterocycles. The Morgan fingerprint density at radius 3 is 2.61 bits per heavy atom. The molecule has 0 saturated heterocycles. The first-order chi connectivity index (χ1) is 8.67. The zero-order valence-electron chi connectivity index (χ0n) is 11.8. The Balaban J connectivity index is 2.36. The SMILES string of the molecule is CCC(=CCNCC1(SC)CCCC1)C(=O)OC. The summed E-state index contributed by atoms with van der Waals surface area (Å²) in [5.74, 6) is -0.209. The fourth-order valence-electron chi connectivity index (χ4n) is 2.47. The van der Waals surface area contributed by atoms with Gasteiger partial charge in [0.05, 0.1) is 7.11 Å². The van der Waals surface area contributed by atoms with E-state index in [0.29, 0.717) is 4.75 Å². The number of esters is 1. The maximum absolute atomic E-state index is 11.4. The lowest BCUT2D eigenvalue weighted by Gasteiger charge is -2.26. The molecule has 1 fully saturated rings. The van der Waals surface area contributed by atoms with Crippen molar-refractivity contribution in [3.8, 4) is 0 Å². The van der Waals surface area contributed by atoms with Crippen LogP contribution in [-0.4, -0.2) is 37.2 Å². The van der Waals surface area contributed by atoms with E-state index >= 15 is 0 Å². The van der Waals surface area contributed by atoms with Crippen LogP contribution in [0.5, 0.6) is 0 Å². The molecule has 0 unspecified atom stereocenters. The number of carbonyl (C=O) groups is 1. The van der Waals surface area contributed by atoms with Gasteiger partial charge in [-0.25, -0.2) is 4.79 Å². The first-order valence-corrected chi connectivity index (χ1v) is 7.93. The number of thioether (sulfide) groups is 1. The van der Waals surface area contributed by atoms with Crippen LogP contribution in [0.2, 0.25) is 0 Å². The Morgan fingerprint density at radius 2 is 2.11 bits per heavy atom. The van der Waals surface area contributed by atoms with Gasteiger partial charge < -0.3 is 10.1 Å². The maximum atomic E-state index is 11.4. The third-order valence-corrected chi connectivity index (χ3v) is 5.13. The number of methoxy groups -OCH3 is 1. The van der Waals surface area contributed by atoms with E-state index in [-0.39, 0.29) is 5.97 Å². The maximum Gasteiger partial charge on any atom is 0.333 e. The van der Waals surface area contributed by atoms with Gasteiger partial charge in [-0.15, -0.1) is 0 Å². The van der Waals surface area contributed by atoms with Crippen molar-refractivity contribution in [3.63, 3.8) is 0 Å². The summed E-state index contributed by atoms with van der Waals surface area (Å²) in [7, 11) is 1.43. The smallest absolute Gasteiger partial charge is 0.333 e. The molecule has 1 aliphatic rings. The van der Waals surface area contributed by atoms with Crippen molar-refractivity contribution < 1.29 is 9.53 Å². The van der Waals surface area contributed by atoms with Gasteiger partial charge >= 0.3 is 5.97 Å². The lowest BCUT2D eigenvalue weighted by atomic mass is 10.1. The quantitative estimate of drug-likeness (QED) is 0.439. The fraction of sp³-hybridized carbons (Fsp3) is 0.786. The van der Waals surface area contributed by atoms with Gasteiger partial charge in [-0.1, -0.05) is 25.8 Å². The third kappa shape index (κ3) is 4.32. The van der Waals surface area contributed by atoms with Crippen LogP contribution in [0.15, 0.2) is 11.6 Å². The lowest BCUT2D eigenvalue weighted by molar-refractivity contribution is -0.136. The van der Waals surface area contributed by atoms with Crippen molar-refractivity contribution >= 4 is 17.7 Å². The van der Waals surface area contributed by atoms with Crippen LogP contribution in [-0.2, 0) is 9.53 Å². The van der Waals surface area contributed by atoms with Crippen molar-refractivity contribution in [2.75, 3.05) is 26.5 Å². The highest BCUT2D eigenvalue weighted by molar-refractivity contribution is 8.00. The van der Waals surface area contributed by atoms with Gasteiger partial charge in [0.2, 0.25) is 0 Å². The van der Waals surface area contributed by atoms with Gasteiger partial charge in [-0.2, -0.15) is 11.8 Å². The normalized spacial score (nSPS) is 18.9. The van der Waals surface area contributed by atoms with Crippen molar-refractivity contribution in [2.45, 2.75) is 43.8 Å². The number of carbonyl (C=O) groups excluding carboxylic acids is 1. The molecule has 1 aliphatic carbocycles. The molecular weight excluding hydrogens is 246 g/mol. The van der Waals surface area contributed by atoms with Gasteiger partial charge in [0.15, 0.2) is 0 Å². The molecular formula is C14H25NO2S. The predicted octanol–water partition coefficient (Wildman–Crippen LogP) is 2.76. The summed E-state index contributed by atoms with van der Waals surface area (Å²) in [5.41, 5.74) is 0.759. The van der Waals surface area contributed by atoms with Crippen LogP contribution in [0.1, 0.15) is 39.0 Å². The second-order valence-corrected chi connectivity index (χ2v) is 6.07. The highest BCUT2D eigenvalue weighted by atomic mass is 32.2. The molecule has 4 heteroatoms. The standard InChI is InChI=1S/C14H25NO2S/c1-4-12(13(16)17-2)7-10-15-11-14(18-3)8-5-6-9-14/h7,15H,4-6,8-11H2,1-3H3. The zero-order chi connectivity index (χ0) is 13.4. The van der Waals surface area contributed by atoms with Gasteiger partial charge in [-0.05, 0) is 25.5 Å². The minimum atomic E-state index is -0.209. The lowest BCUT2D eigenvalue weighted by Crippen LogP contribution is -2.35. The van der Waals surface area contributed by atoms with Crippen molar-refractivity contribution in [1.29, 1.82) is 0 Å². The van der Waals surface area contributed by atoms with E-state index in [1.54, 1.807) is 0 Å². The molecule has 1 N–H and O–H groups in total. The molecule has 104 valence electrons. The fourth-order valence-corrected chi connectivity index (χ4v) is 3.41. The molecule has 0 aromatic carbocycles. The van der Waals surface area contributed by atoms with Crippen LogP contribution < -0.4 is 5.32 Å². The summed E-state index contributed by atoms with van der Waals surface area (Å²) in [4.78, 5) is 11.4. The van der Waals surface area contributed by atoms with E-state index in [1.165, 1.54) is 32.8 Å². The largest absolute Gasteiger partial charge is 0.466 e. The van der Waals surface area contributed by atoms with Crippen molar-refractivity contribution in [2.24, 2.45) is 0 Å². The minimum absolute atomic E-state index is 0.209. The average Bonchev–Trinajstić information content (AvgIpc) is 2.87. The molecule has 1 rings (SSSR count). The first-order valence-electron chi connectivity index (χ1n) is 6.70. The van der Waals surface area contributed by atoms with Crippen LogP contribution in [0.25, 0.3) is 0 Å². The van der Waals surface area contributed by atoms with E-state index in [2.05, 4.69) is 11.6 Å². The van der Waals surface area contributed by atoms with Crippen molar-refractivity contribution in [1.82, 2.24) is 5.32 Å². The Morgan fingerprint density at radius 1 is 1.44 bits per heavy atom. The Hall–Kier alpha value is -0.480. The summed E-state index contributed by atoms with van der Waals surface area (Å²) in [5, 5.41) is 3.46. The summed E-state index contributed by atoms with van der Waals surface area (Å²) < 4.78 is 5.16. The minimum Gasteiger partial charge on any atom is -0.466 e. The highest BCUT2D eigenvalue weighted by Gasteiger charge is 2.32. The molecule has 0 aromatic heterocycles. The van der Waals surface area contributed by atoms with E-state index in [4.69, 9.17) is 4.74 Å². The summed E-state index contributed by atoms with van der Waals surface area (Å²) in [6, 6.07) is 0. The van der Waals surface area contributed by atoms with Crippen LogP contribution >= 0.6 is 11.8 Å². The number of hydrogen-bond donors (Lipinski definition) is 1. The predicted molar refractivity (Wildman–Crippen MR) is 78.0 cm³/mol. The molecule has 0 amide bonds. The van der Waals surface area contributed by atoms with Gasteiger partial charge in [-0.3, -0.25) is 0 Å². The first kappa shape index (κ1) is 15.6. The van der Waals surface area contributed by atoms with Gasteiger partial charge in [0.1, 0.15) is 0 Å². The number of ether oxygens (including phenoxy) is 1. The number of hydrogen-bond acceptors (Lipinski definition) is 4. The molecule has 18 heavy (non-hydrogen) atoms. The molecule has 1 saturated carbocycles. The topological polar surface area (TPSA) is 38.3 Å². The van der Waals surface area contributed by atoms with E-state index in [0.717, 1.165) is 25.1 Å². The van der Waals surface area contributed by atoms with Crippen LogP contribution in [0, 0.1) is 0 Å². The molecule has 0 aliphatic heterocycles. The van der Waals surface area contributed by atoms with Gasteiger partial charge in [0.25, 0.3) is 0 Å². The second kappa shape index (κ2) is 7.85. The van der Waals surface area contributed by atoms with E-state index in [9.17, 15) is 4.79 Å². The second-order valence-electron chi connectivity index (χ2n) is 4.80. The third-order valence-electron chi connectivity index (χ3n) is 3.72. The van der Waals surface area contributed by atoms with Crippen LogP contribution in [0.3, 0.4) is 0 Å². The molecule has 0 radical (unpaired) electrons. The van der Waals surface area contributed by atoms with E-state index < -0.39 is 0 Å². The molecule has 0 bridgehead atoms. The Labute approximate surface area is 115 Å². The molecule has 0 spiro atoms. The van der Waals surface area contributed by atoms with Crippen molar-refractivity contribution in [3.05, 3.63) is 11.6 Å². The molecule has 3 nitrogen and oxygen atoms in total. The Kier molecular flexibility index (Phi) is 6.79. The average molecular weight is 271 g/mol. The highest BCUT2D eigenvalue weighted by Crippen LogP contribution is 2.39. The summed E-state index contributed by atoms with van der Waals surface area (Å²) >= 11 is 1.98. The number of nitrogens with one attached hydrogen (secondary N) is 1. The molecule has 0 atom stereocenters. The monoisotopic (exact) mass is 271 g/mol. The van der Waals surface area contributed by atoms with E-state index in [1.807, 2.05) is 24.8 Å². The summed E-state index contributed by atoms with van der Waals surface area (Å²) in [6.45, 7) is 3.76. The Bertz CT molecular complexity index is 296. The molecule has 0 aromatic rings. The van der Waals surface area contributed by atoms with Gasteiger partial charge in [0, 0.05) is 23.4 Å². The number of rotatable bonds is 7. The van der Waals surface area contributed by atoms with Crippen LogP contribution in [0.4, 0.5) is 0 Å². The zero-order valence-corrected chi connectivity index (χ0v) is 12.6.